The molecular formula is C72H131NO8. The van der Waals surface area contributed by atoms with E-state index < -0.39 is 24.3 Å². The van der Waals surface area contributed by atoms with E-state index in [9.17, 15) is 19.5 Å². The summed E-state index contributed by atoms with van der Waals surface area (Å²) in [5, 5.41) is 11.8. The van der Waals surface area contributed by atoms with E-state index in [1.807, 2.05) is 21.1 Å². The van der Waals surface area contributed by atoms with Gasteiger partial charge in [0.25, 0.3) is 0 Å². The van der Waals surface area contributed by atoms with E-state index in [0.717, 1.165) is 70.6 Å². The van der Waals surface area contributed by atoms with Crippen LogP contribution < -0.4 is 5.11 Å². The van der Waals surface area contributed by atoms with Crippen LogP contribution in [0.5, 0.6) is 0 Å². The van der Waals surface area contributed by atoms with Gasteiger partial charge in [0.1, 0.15) is 13.2 Å². The zero-order valence-electron chi connectivity index (χ0n) is 53.9. The Morgan fingerprint density at radius 2 is 0.704 bits per heavy atom. The van der Waals surface area contributed by atoms with Crippen molar-refractivity contribution in [2.75, 3.05) is 47.5 Å². The summed E-state index contributed by atoms with van der Waals surface area (Å²) in [5.41, 5.74) is 0. The SMILES string of the molecule is CC/C=C\C/C=C\C/C=C\CCCCCCCCCC(=O)OC(COC(=O)CCCCCCCCCCCCCCCCCCCCCCCCCCCCC/C=C\C/C=C\CCCCCCC)COC(OCC[N+](C)(C)C)C(=O)[O-]. The van der Waals surface area contributed by atoms with Crippen LogP contribution in [0.1, 0.15) is 322 Å². The van der Waals surface area contributed by atoms with Crippen LogP contribution in [0.15, 0.2) is 60.8 Å². The van der Waals surface area contributed by atoms with Crippen LogP contribution in [0.2, 0.25) is 0 Å². The molecule has 9 nitrogen and oxygen atoms in total. The smallest absolute Gasteiger partial charge is 0.306 e. The van der Waals surface area contributed by atoms with Crippen molar-refractivity contribution < 1.29 is 42.9 Å². The van der Waals surface area contributed by atoms with Crippen LogP contribution in [0.25, 0.3) is 0 Å². The summed E-state index contributed by atoms with van der Waals surface area (Å²) in [6, 6.07) is 0. The van der Waals surface area contributed by atoms with Crippen molar-refractivity contribution in [3.8, 4) is 0 Å². The molecule has 0 aromatic rings. The molecule has 0 aromatic heterocycles. The number of carboxylic acid groups (broad SMARTS) is 1. The van der Waals surface area contributed by atoms with Gasteiger partial charge in [0.05, 0.1) is 40.3 Å². The highest BCUT2D eigenvalue weighted by Crippen LogP contribution is 2.18. The Kier molecular flexibility index (Phi) is 60.7. The van der Waals surface area contributed by atoms with E-state index in [2.05, 4.69) is 74.6 Å². The van der Waals surface area contributed by atoms with Crippen LogP contribution in [-0.4, -0.2) is 82.3 Å². The molecule has 472 valence electrons. The van der Waals surface area contributed by atoms with Gasteiger partial charge in [0.2, 0.25) is 0 Å². The third-order valence-corrected chi connectivity index (χ3v) is 15.2. The lowest BCUT2D eigenvalue weighted by molar-refractivity contribution is -0.870. The molecule has 0 amide bonds. The molecule has 81 heavy (non-hydrogen) atoms. The number of nitrogens with zero attached hydrogens (tertiary/aromatic N) is 1. The van der Waals surface area contributed by atoms with Gasteiger partial charge in [-0.25, -0.2) is 0 Å². The molecule has 0 saturated heterocycles. The predicted octanol–water partition coefficient (Wildman–Crippen LogP) is 19.8. The Morgan fingerprint density at radius 1 is 0.383 bits per heavy atom. The lowest BCUT2D eigenvalue weighted by Crippen LogP contribution is -2.44. The van der Waals surface area contributed by atoms with Gasteiger partial charge in [-0.05, 0) is 77.0 Å². The van der Waals surface area contributed by atoms with Gasteiger partial charge in [0.15, 0.2) is 12.4 Å². The molecule has 0 N–H and O–H groups in total. The van der Waals surface area contributed by atoms with Crippen LogP contribution in [0.4, 0.5) is 0 Å². The fraction of sp³-hybridized carbons (Fsp3) is 0.819. The van der Waals surface area contributed by atoms with Crippen molar-refractivity contribution in [1.29, 1.82) is 0 Å². The number of esters is 2. The number of rotatable bonds is 64. The summed E-state index contributed by atoms with van der Waals surface area (Å²) in [5.74, 6) is -2.28. The van der Waals surface area contributed by atoms with Crippen LogP contribution in [0.3, 0.4) is 0 Å². The molecule has 0 spiro atoms. The van der Waals surface area contributed by atoms with Gasteiger partial charge in [0, 0.05) is 12.8 Å². The van der Waals surface area contributed by atoms with E-state index in [1.54, 1.807) is 0 Å². The largest absolute Gasteiger partial charge is 0.545 e. The zero-order chi connectivity index (χ0) is 59.1. The maximum Gasteiger partial charge on any atom is 0.306 e. The second-order valence-electron chi connectivity index (χ2n) is 24.4. The summed E-state index contributed by atoms with van der Waals surface area (Å²) < 4.78 is 22.7. The topological polar surface area (TPSA) is 111 Å². The van der Waals surface area contributed by atoms with E-state index in [0.29, 0.717) is 23.9 Å². The number of quaternary nitrogens is 1. The first-order valence-corrected chi connectivity index (χ1v) is 34.4. The van der Waals surface area contributed by atoms with Gasteiger partial charge in [-0.15, -0.1) is 0 Å². The van der Waals surface area contributed by atoms with Crippen molar-refractivity contribution in [2.45, 2.75) is 334 Å². The number of carboxylic acids is 1. The molecule has 0 saturated carbocycles. The minimum atomic E-state index is -1.62. The van der Waals surface area contributed by atoms with E-state index >= 15 is 0 Å². The summed E-state index contributed by atoms with van der Waals surface area (Å²) >= 11 is 0. The number of hydrogen-bond donors (Lipinski definition) is 0. The first kappa shape index (κ1) is 78.0. The Labute approximate surface area is 501 Å². The number of ether oxygens (including phenoxy) is 4. The highest BCUT2D eigenvalue weighted by atomic mass is 16.7. The highest BCUT2D eigenvalue weighted by Gasteiger charge is 2.22. The molecular weight excluding hydrogens is 1010 g/mol. The molecule has 0 aliphatic carbocycles. The molecule has 0 radical (unpaired) electrons. The Bertz CT molecular complexity index is 1510. The number of allylic oxidation sites excluding steroid dienone is 10. The number of aliphatic carboxylic acids is 1. The number of carbonyl (C=O) groups is 3. The Balaban J connectivity index is 3.94. The van der Waals surface area contributed by atoms with Gasteiger partial charge < -0.3 is 33.3 Å². The maximum atomic E-state index is 12.9. The third-order valence-electron chi connectivity index (χ3n) is 15.2. The summed E-state index contributed by atoms with van der Waals surface area (Å²) in [4.78, 5) is 37.4. The maximum absolute atomic E-state index is 12.9. The molecule has 0 bridgehead atoms. The average Bonchev–Trinajstić information content (AvgIpc) is 3.44. The van der Waals surface area contributed by atoms with E-state index in [1.165, 1.54) is 218 Å². The minimum absolute atomic E-state index is 0.146. The second kappa shape index (κ2) is 63.0. The Hall–Kier alpha value is -3.01. The summed E-state index contributed by atoms with van der Waals surface area (Å²) in [7, 11) is 5.93. The van der Waals surface area contributed by atoms with Crippen LogP contribution in [-0.2, 0) is 33.3 Å². The zero-order valence-corrected chi connectivity index (χ0v) is 53.9. The minimum Gasteiger partial charge on any atom is -0.545 e. The van der Waals surface area contributed by atoms with Crippen molar-refractivity contribution in [3.05, 3.63) is 60.8 Å². The lowest BCUT2D eigenvalue weighted by Gasteiger charge is -2.26. The first-order valence-electron chi connectivity index (χ1n) is 34.4. The molecule has 9 heteroatoms. The average molecular weight is 1140 g/mol. The van der Waals surface area contributed by atoms with Crippen molar-refractivity contribution in [3.63, 3.8) is 0 Å². The molecule has 0 aliphatic rings. The fourth-order valence-electron chi connectivity index (χ4n) is 10.00. The lowest BCUT2D eigenvalue weighted by atomic mass is 10.0. The van der Waals surface area contributed by atoms with Crippen LogP contribution >= 0.6 is 0 Å². The number of carbonyl (C=O) groups excluding carboxylic acids is 3. The number of likely N-dealkylation sites (N-methyl/N-ethyl adjacent to an activating group) is 1. The molecule has 0 aromatic carbocycles. The quantitative estimate of drug-likeness (QED) is 0.0195. The number of hydrogen-bond acceptors (Lipinski definition) is 8. The van der Waals surface area contributed by atoms with Gasteiger partial charge in [-0.1, -0.05) is 293 Å². The first-order chi connectivity index (χ1) is 39.6. The highest BCUT2D eigenvalue weighted by molar-refractivity contribution is 5.70. The van der Waals surface area contributed by atoms with Crippen LogP contribution in [0, 0.1) is 0 Å². The van der Waals surface area contributed by atoms with Gasteiger partial charge in [-0.2, -0.15) is 0 Å². The molecule has 2 unspecified atom stereocenters. The number of unbranched alkanes of at least 4 members (excludes halogenated alkanes) is 39. The Morgan fingerprint density at radius 3 is 1.05 bits per heavy atom. The summed E-state index contributed by atoms with van der Waals surface area (Å²) in [6.45, 7) is 4.65. The second-order valence-corrected chi connectivity index (χ2v) is 24.4. The fourth-order valence-corrected chi connectivity index (χ4v) is 10.00. The molecule has 0 fully saturated rings. The molecule has 0 heterocycles. The molecule has 0 aliphatic heterocycles. The van der Waals surface area contributed by atoms with E-state index in [-0.39, 0.29) is 32.2 Å². The van der Waals surface area contributed by atoms with Gasteiger partial charge >= 0.3 is 11.9 Å². The molecule has 2 atom stereocenters. The summed E-state index contributed by atoms with van der Waals surface area (Å²) in [6.07, 6.45) is 79.0. The van der Waals surface area contributed by atoms with Crippen molar-refractivity contribution in [1.82, 2.24) is 0 Å². The third kappa shape index (κ3) is 64.4. The van der Waals surface area contributed by atoms with E-state index in [4.69, 9.17) is 18.9 Å². The predicted molar refractivity (Wildman–Crippen MR) is 343 cm³/mol. The molecule has 0 rings (SSSR count). The van der Waals surface area contributed by atoms with Crippen molar-refractivity contribution in [2.24, 2.45) is 0 Å². The standard InChI is InChI=1S/C72H131NO8/c1-6-8-10-12-14-16-18-20-22-24-25-26-27-28-29-30-31-32-33-34-35-36-37-38-39-40-41-42-43-44-45-47-48-50-52-54-56-58-60-62-69(74)79-66-68(67-80-72(71(76)77)78-65-64-73(3,4)5)81-70(75)63-61-59-57-55-53-51-49-46-23-21-19-17-15-13-11-9-7-2/h9,11,15,17-18,20-21,23-25,68,72H,6-8,10,12-14,16,19,22,26-67H2,1-5H3/b11-9-,17-15-,20-18-,23-21-,25-24-. The van der Waals surface area contributed by atoms with Gasteiger partial charge in [-0.3, -0.25) is 9.59 Å². The monoisotopic (exact) mass is 1140 g/mol. The normalized spacial score (nSPS) is 13.0. The van der Waals surface area contributed by atoms with Crippen molar-refractivity contribution >= 4 is 17.9 Å².